The van der Waals surface area contributed by atoms with Crippen molar-refractivity contribution < 1.29 is 8.42 Å². The fourth-order valence-electron chi connectivity index (χ4n) is 2.79. The Morgan fingerprint density at radius 3 is 2.61 bits per heavy atom. The van der Waals surface area contributed by atoms with Gasteiger partial charge < -0.3 is 10.6 Å². The van der Waals surface area contributed by atoms with E-state index in [0.29, 0.717) is 12.2 Å². The first-order chi connectivity index (χ1) is 11.1. The molecule has 0 unspecified atom stereocenters. The third-order valence-electron chi connectivity index (χ3n) is 4.02. The summed E-state index contributed by atoms with van der Waals surface area (Å²) in [6.45, 7) is 2.26. The van der Waals surface area contributed by atoms with Crippen LogP contribution >= 0.6 is 11.3 Å². The quantitative estimate of drug-likeness (QED) is 0.812. The number of hydrogen-bond acceptors (Lipinski definition) is 5. The molecule has 1 fully saturated rings. The summed E-state index contributed by atoms with van der Waals surface area (Å²) in [5.74, 6) is 0. The molecular formula is C16H21N3O2S2. The Morgan fingerprint density at radius 2 is 1.96 bits per heavy atom. The highest BCUT2D eigenvalue weighted by Crippen LogP contribution is 2.28. The van der Waals surface area contributed by atoms with E-state index in [0.717, 1.165) is 36.5 Å². The first-order valence-electron chi connectivity index (χ1n) is 7.73. The van der Waals surface area contributed by atoms with Crippen molar-refractivity contribution in [1.29, 1.82) is 0 Å². The van der Waals surface area contributed by atoms with Crippen LogP contribution in [0.5, 0.6) is 0 Å². The second-order valence-corrected chi connectivity index (χ2v) is 8.47. The van der Waals surface area contributed by atoms with Gasteiger partial charge in [0.05, 0.1) is 16.3 Å². The van der Waals surface area contributed by atoms with Crippen LogP contribution in [-0.2, 0) is 16.6 Å². The van der Waals surface area contributed by atoms with Crippen LogP contribution in [-0.4, -0.2) is 21.5 Å². The smallest absolute Gasteiger partial charge is 0.240 e. The molecule has 5 nitrogen and oxygen atoms in total. The third-order valence-corrected chi connectivity index (χ3v) is 6.30. The Bertz CT molecular complexity index is 752. The van der Waals surface area contributed by atoms with Gasteiger partial charge in [0.15, 0.2) is 0 Å². The van der Waals surface area contributed by atoms with E-state index < -0.39 is 10.0 Å². The number of anilines is 2. The number of benzene rings is 1. The fourth-order valence-corrected chi connectivity index (χ4v) is 4.56. The molecule has 1 aliphatic heterocycles. The zero-order chi connectivity index (χ0) is 16.3. The molecule has 124 valence electrons. The lowest BCUT2D eigenvalue weighted by Crippen LogP contribution is -2.30. The molecule has 0 saturated carbocycles. The van der Waals surface area contributed by atoms with Gasteiger partial charge in [0, 0.05) is 24.5 Å². The zero-order valence-electron chi connectivity index (χ0n) is 12.9. The molecule has 1 saturated heterocycles. The lowest BCUT2D eigenvalue weighted by Gasteiger charge is -2.30. The number of nitrogens with two attached hydrogens (primary N) is 1. The molecule has 0 amide bonds. The van der Waals surface area contributed by atoms with Gasteiger partial charge in [-0.1, -0.05) is 6.07 Å². The number of nitrogens with one attached hydrogen (secondary N) is 1. The van der Waals surface area contributed by atoms with Gasteiger partial charge in [-0.3, -0.25) is 0 Å². The second kappa shape index (κ2) is 6.90. The second-order valence-electron chi connectivity index (χ2n) is 5.67. The molecular weight excluding hydrogens is 330 g/mol. The van der Waals surface area contributed by atoms with Gasteiger partial charge in [-0.05, 0) is 48.9 Å². The maximum Gasteiger partial charge on any atom is 0.240 e. The van der Waals surface area contributed by atoms with Crippen LogP contribution in [0.15, 0.2) is 40.6 Å². The number of nitrogen functional groups attached to an aromatic ring is 1. The molecule has 1 aromatic heterocycles. The van der Waals surface area contributed by atoms with Crippen molar-refractivity contribution in [2.24, 2.45) is 0 Å². The summed E-state index contributed by atoms with van der Waals surface area (Å²) in [7, 11) is -3.55. The molecule has 1 aromatic carbocycles. The third kappa shape index (κ3) is 3.85. The molecule has 2 heterocycles. The van der Waals surface area contributed by atoms with Gasteiger partial charge in [0.1, 0.15) is 0 Å². The monoisotopic (exact) mass is 351 g/mol. The standard InChI is InChI=1S/C16H21N3O2S2/c17-15-11-14(6-7-16(15)19-8-2-1-3-9-19)23(20,21)18-12-13-5-4-10-22-13/h4-7,10-11,18H,1-3,8-9,12,17H2. The maximum atomic E-state index is 12.4. The Balaban J connectivity index is 1.75. The first kappa shape index (κ1) is 16.3. The number of piperidine rings is 1. The van der Waals surface area contributed by atoms with Crippen molar-refractivity contribution in [3.8, 4) is 0 Å². The average Bonchev–Trinajstić information content (AvgIpc) is 3.07. The van der Waals surface area contributed by atoms with Crippen LogP contribution in [0.4, 0.5) is 11.4 Å². The summed E-state index contributed by atoms with van der Waals surface area (Å²) in [4.78, 5) is 3.42. The van der Waals surface area contributed by atoms with Gasteiger partial charge in [-0.25, -0.2) is 13.1 Å². The molecule has 3 rings (SSSR count). The summed E-state index contributed by atoms with van der Waals surface area (Å²) < 4.78 is 27.4. The predicted octanol–water partition coefficient (Wildman–Crippen LogP) is 2.80. The number of hydrogen-bond donors (Lipinski definition) is 2. The maximum absolute atomic E-state index is 12.4. The highest BCUT2D eigenvalue weighted by Gasteiger charge is 2.18. The van der Waals surface area contributed by atoms with Gasteiger partial charge in [0.25, 0.3) is 0 Å². The summed E-state index contributed by atoms with van der Waals surface area (Å²) in [6, 6.07) is 8.82. The van der Waals surface area contributed by atoms with Gasteiger partial charge in [0.2, 0.25) is 10.0 Å². The Kier molecular flexibility index (Phi) is 4.89. The molecule has 3 N–H and O–H groups in total. The van der Waals surface area contributed by atoms with Crippen LogP contribution in [0.25, 0.3) is 0 Å². The Labute approximate surface area is 141 Å². The van der Waals surface area contributed by atoms with E-state index in [2.05, 4.69) is 9.62 Å². The molecule has 2 aromatic rings. The highest BCUT2D eigenvalue weighted by molar-refractivity contribution is 7.89. The van der Waals surface area contributed by atoms with Gasteiger partial charge >= 0.3 is 0 Å². The number of sulfonamides is 1. The largest absolute Gasteiger partial charge is 0.397 e. The van der Waals surface area contributed by atoms with Crippen LogP contribution in [0.2, 0.25) is 0 Å². The number of thiophene rings is 1. The van der Waals surface area contributed by atoms with E-state index in [4.69, 9.17) is 5.73 Å². The molecule has 0 aliphatic carbocycles. The number of rotatable bonds is 5. The van der Waals surface area contributed by atoms with Crippen LogP contribution < -0.4 is 15.4 Å². The van der Waals surface area contributed by atoms with E-state index in [-0.39, 0.29) is 4.90 Å². The van der Waals surface area contributed by atoms with Crippen molar-refractivity contribution in [2.45, 2.75) is 30.7 Å². The Hall–Kier alpha value is -1.57. The van der Waals surface area contributed by atoms with E-state index in [1.54, 1.807) is 12.1 Å². The van der Waals surface area contributed by atoms with Crippen LogP contribution in [0, 0.1) is 0 Å². The highest BCUT2D eigenvalue weighted by atomic mass is 32.2. The Morgan fingerprint density at radius 1 is 1.17 bits per heavy atom. The minimum absolute atomic E-state index is 0.215. The predicted molar refractivity (Wildman–Crippen MR) is 95.3 cm³/mol. The molecule has 1 aliphatic rings. The van der Waals surface area contributed by atoms with Crippen molar-refractivity contribution in [3.63, 3.8) is 0 Å². The van der Waals surface area contributed by atoms with Crippen LogP contribution in [0.3, 0.4) is 0 Å². The van der Waals surface area contributed by atoms with E-state index in [1.165, 1.54) is 17.8 Å². The van der Waals surface area contributed by atoms with E-state index >= 15 is 0 Å². The van der Waals surface area contributed by atoms with Crippen molar-refractivity contribution in [3.05, 3.63) is 40.6 Å². The summed E-state index contributed by atoms with van der Waals surface area (Å²) in [5.41, 5.74) is 7.56. The molecule has 7 heteroatoms. The molecule has 0 atom stereocenters. The summed E-state index contributed by atoms with van der Waals surface area (Å²) in [5, 5.41) is 1.93. The molecule has 0 radical (unpaired) electrons. The van der Waals surface area contributed by atoms with Gasteiger partial charge in [-0.15, -0.1) is 11.3 Å². The molecule has 23 heavy (non-hydrogen) atoms. The van der Waals surface area contributed by atoms with E-state index in [1.807, 2.05) is 23.6 Å². The average molecular weight is 351 g/mol. The topological polar surface area (TPSA) is 75.4 Å². The minimum atomic E-state index is -3.55. The lowest BCUT2D eigenvalue weighted by atomic mass is 10.1. The van der Waals surface area contributed by atoms with Crippen molar-refractivity contribution >= 4 is 32.7 Å². The first-order valence-corrected chi connectivity index (χ1v) is 10.1. The van der Waals surface area contributed by atoms with Gasteiger partial charge in [-0.2, -0.15) is 0 Å². The minimum Gasteiger partial charge on any atom is -0.397 e. The lowest BCUT2D eigenvalue weighted by molar-refractivity contribution is 0.577. The van der Waals surface area contributed by atoms with Crippen molar-refractivity contribution in [2.75, 3.05) is 23.7 Å². The molecule has 0 spiro atoms. The normalized spacial score (nSPS) is 15.7. The SMILES string of the molecule is Nc1cc(S(=O)(=O)NCc2cccs2)ccc1N1CCCCC1. The van der Waals surface area contributed by atoms with E-state index in [9.17, 15) is 8.42 Å². The summed E-state index contributed by atoms with van der Waals surface area (Å²) >= 11 is 1.52. The zero-order valence-corrected chi connectivity index (χ0v) is 14.5. The molecule has 0 bridgehead atoms. The van der Waals surface area contributed by atoms with Crippen LogP contribution in [0.1, 0.15) is 24.1 Å². The number of nitrogens with zero attached hydrogens (tertiary/aromatic N) is 1. The van der Waals surface area contributed by atoms with Crippen molar-refractivity contribution in [1.82, 2.24) is 4.72 Å². The fraction of sp³-hybridized carbons (Fsp3) is 0.375. The summed E-state index contributed by atoms with van der Waals surface area (Å²) in [6.07, 6.45) is 3.55.